The predicted octanol–water partition coefficient (Wildman–Crippen LogP) is 3.78. The van der Waals surface area contributed by atoms with Crippen molar-refractivity contribution in [2.24, 2.45) is 0 Å². The van der Waals surface area contributed by atoms with Crippen LogP contribution in [0.3, 0.4) is 0 Å². The summed E-state index contributed by atoms with van der Waals surface area (Å²) in [6.45, 7) is 1.13. The van der Waals surface area contributed by atoms with Crippen molar-refractivity contribution in [1.82, 2.24) is 10.3 Å². The third-order valence-corrected chi connectivity index (χ3v) is 3.58. The van der Waals surface area contributed by atoms with Crippen molar-refractivity contribution in [1.29, 1.82) is 0 Å². The van der Waals surface area contributed by atoms with Crippen molar-refractivity contribution in [3.05, 3.63) is 71.4 Å². The van der Waals surface area contributed by atoms with Crippen LogP contribution in [0.15, 0.2) is 48.7 Å². The first kappa shape index (κ1) is 13.8. The number of aromatic amines is 1. The highest BCUT2D eigenvalue weighted by Crippen LogP contribution is 2.17. The Hall–Kier alpha value is -2.20. The first-order valence-corrected chi connectivity index (χ1v) is 6.93. The minimum atomic E-state index is -0.546. The number of rotatable bonds is 5. The Balaban J connectivity index is 1.57. The van der Waals surface area contributed by atoms with E-state index in [4.69, 9.17) is 0 Å². The van der Waals surface area contributed by atoms with Gasteiger partial charge in [-0.25, -0.2) is 8.78 Å². The van der Waals surface area contributed by atoms with E-state index < -0.39 is 11.6 Å². The van der Waals surface area contributed by atoms with Gasteiger partial charge in [-0.1, -0.05) is 24.3 Å². The Morgan fingerprint density at radius 2 is 1.86 bits per heavy atom. The first-order valence-electron chi connectivity index (χ1n) is 6.93. The molecule has 108 valence electrons. The quantitative estimate of drug-likeness (QED) is 0.686. The molecule has 0 saturated carbocycles. The molecule has 4 heteroatoms. The van der Waals surface area contributed by atoms with Gasteiger partial charge in [-0.2, -0.15) is 0 Å². The predicted molar refractivity (Wildman–Crippen MR) is 80.1 cm³/mol. The number of halogens is 2. The van der Waals surface area contributed by atoms with Gasteiger partial charge < -0.3 is 10.3 Å². The van der Waals surface area contributed by atoms with E-state index in [1.807, 2.05) is 24.4 Å². The summed E-state index contributed by atoms with van der Waals surface area (Å²) in [5.41, 5.74) is 2.84. The number of hydrogen-bond donors (Lipinski definition) is 2. The van der Waals surface area contributed by atoms with E-state index in [1.54, 1.807) is 0 Å². The van der Waals surface area contributed by atoms with Crippen molar-refractivity contribution >= 4 is 10.9 Å². The summed E-state index contributed by atoms with van der Waals surface area (Å²) in [6.07, 6.45) is 2.86. The highest BCUT2D eigenvalue weighted by Gasteiger charge is 2.04. The fraction of sp³-hybridized carbons (Fsp3) is 0.176. The van der Waals surface area contributed by atoms with E-state index in [2.05, 4.69) is 16.4 Å². The van der Waals surface area contributed by atoms with Crippen molar-refractivity contribution in [3.8, 4) is 0 Å². The molecule has 0 aliphatic carbocycles. The molecule has 0 spiro atoms. The molecule has 0 amide bonds. The molecule has 3 aromatic rings. The van der Waals surface area contributed by atoms with Gasteiger partial charge >= 0.3 is 0 Å². The van der Waals surface area contributed by atoms with Gasteiger partial charge in [-0.05, 0) is 30.7 Å². The van der Waals surface area contributed by atoms with Crippen molar-refractivity contribution in [3.63, 3.8) is 0 Å². The minimum absolute atomic E-state index is 0.397. The van der Waals surface area contributed by atoms with Crippen LogP contribution in [0.1, 0.15) is 11.1 Å². The molecular formula is C17H16F2N2. The number of benzene rings is 2. The van der Waals surface area contributed by atoms with E-state index in [1.165, 1.54) is 23.1 Å². The highest BCUT2D eigenvalue weighted by molar-refractivity contribution is 5.83. The summed E-state index contributed by atoms with van der Waals surface area (Å²) in [5.74, 6) is -1.05. The Labute approximate surface area is 121 Å². The zero-order chi connectivity index (χ0) is 14.7. The van der Waals surface area contributed by atoms with Crippen LogP contribution in [0.25, 0.3) is 10.9 Å². The molecule has 3 rings (SSSR count). The second-order valence-corrected chi connectivity index (χ2v) is 5.02. The summed E-state index contributed by atoms with van der Waals surface area (Å²) in [6, 6.07) is 11.8. The molecule has 0 aliphatic rings. The summed E-state index contributed by atoms with van der Waals surface area (Å²) in [5, 5.41) is 4.40. The van der Waals surface area contributed by atoms with Gasteiger partial charge in [-0.15, -0.1) is 0 Å². The normalized spacial score (nSPS) is 11.1. The summed E-state index contributed by atoms with van der Waals surface area (Å²) >= 11 is 0. The Kier molecular flexibility index (Phi) is 3.97. The van der Waals surface area contributed by atoms with Crippen LogP contribution in [-0.4, -0.2) is 11.5 Å². The second-order valence-electron chi connectivity index (χ2n) is 5.02. The first-order chi connectivity index (χ1) is 10.2. The van der Waals surface area contributed by atoms with Crippen LogP contribution in [0.5, 0.6) is 0 Å². The molecule has 0 fully saturated rings. The van der Waals surface area contributed by atoms with Crippen LogP contribution >= 0.6 is 0 Å². The lowest BCUT2D eigenvalue weighted by Crippen LogP contribution is -2.17. The van der Waals surface area contributed by atoms with E-state index in [9.17, 15) is 8.78 Å². The standard InChI is InChI=1S/C17H16F2N2/c18-14-6-5-13(16(19)9-14)10-20-8-7-12-11-21-17-4-2-1-3-15(12)17/h1-6,9,11,20-21H,7-8,10H2. The fourth-order valence-electron chi connectivity index (χ4n) is 2.45. The van der Waals surface area contributed by atoms with Crippen LogP contribution in [-0.2, 0) is 13.0 Å². The SMILES string of the molecule is Fc1ccc(CNCCc2c[nH]c3ccccc23)c(F)c1. The van der Waals surface area contributed by atoms with Crippen LogP contribution < -0.4 is 5.32 Å². The molecule has 0 aliphatic heterocycles. The molecule has 0 atom stereocenters. The van der Waals surface area contributed by atoms with E-state index in [-0.39, 0.29) is 0 Å². The lowest BCUT2D eigenvalue weighted by atomic mass is 10.1. The zero-order valence-corrected chi connectivity index (χ0v) is 11.5. The third kappa shape index (κ3) is 3.11. The number of H-pyrrole nitrogens is 1. The molecule has 0 saturated heterocycles. The minimum Gasteiger partial charge on any atom is -0.361 e. The van der Waals surface area contributed by atoms with E-state index >= 15 is 0 Å². The van der Waals surface area contributed by atoms with Gasteiger partial charge in [0.1, 0.15) is 11.6 Å². The molecular weight excluding hydrogens is 270 g/mol. The van der Waals surface area contributed by atoms with Crippen molar-refractivity contribution in [2.45, 2.75) is 13.0 Å². The number of nitrogens with one attached hydrogen (secondary N) is 2. The molecule has 1 heterocycles. The maximum Gasteiger partial charge on any atom is 0.130 e. The average molecular weight is 286 g/mol. The van der Waals surface area contributed by atoms with Crippen molar-refractivity contribution < 1.29 is 8.78 Å². The molecule has 21 heavy (non-hydrogen) atoms. The van der Waals surface area contributed by atoms with Gasteiger partial charge in [0.05, 0.1) is 0 Å². The topological polar surface area (TPSA) is 27.8 Å². The summed E-state index contributed by atoms with van der Waals surface area (Å²) in [4.78, 5) is 3.23. The molecule has 1 aromatic heterocycles. The van der Waals surface area contributed by atoms with Gasteiger partial charge in [0.2, 0.25) is 0 Å². The highest BCUT2D eigenvalue weighted by atomic mass is 19.1. The second kappa shape index (κ2) is 6.06. The van der Waals surface area contributed by atoms with Crippen LogP contribution in [0.4, 0.5) is 8.78 Å². The Bertz CT molecular complexity index is 749. The van der Waals surface area contributed by atoms with Gasteiger partial charge in [0.25, 0.3) is 0 Å². The van der Waals surface area contributed by atoms with Crippen LogP contribution in [0.2, 0.25) is 0 Å². The Morgan fingerprint density at radius 3 is 2.71 bits per heavy atom. The van der Waals surface area contributed by atoms with Crippen molar-refractivity contribution in [2.75, 3.05) is 6.54 Å². The zero-order valence-electron chi connectivity index (χ0n) is 11.5. The summed E-state index contributed by atoms with van der Waals surface area (Å²) in [7, 11) is 0. The van der Waals surface area contributed by atoms with Gasteiger partial charge in [-0.3, -0.25) is 0 Å². The molecule has 2 aromatic carbocycles. The molecule has 2 nitrogen and oxygen atoms in total. The molecule has 0 bridgehead atoms. The van der Waals surface area contributed by atoms with E-state index in [0.29, 0.717) is 12.1 Å². The number of aromatic nitrogens is 1. The monoisotopic (exact) mass is 286 g/mol. The lowest BCUT2D eigenvalue weighted by Gasteiger charge is -2.06. The van der Waals surface area contributed by atoms with Crippen LogP contribution in [0, 0.1) is 11.6 Å². The average Bonchev–Trinajstić information content (AvgIpc) is 2.89. The van der Waals surface area contributed by atoms with E-state index in [0.717, 1.165) is 24.5 Å². The third-order valence-electron chi connectivity index (χ3n) is 3.58. The van der Waals surface area contributed by atoms with Gasteiger partial charge in [0.15, 0.2) is 0 Å². The Morgan fingerprint density at radius 1 is 1.00 bits per heavy atom. The molecule has 0 unspecified atom stereocenters. The molecule has 2 N–H and O–H groups in total. The smallest absolute Gasteiger partial charge is 0.130 e. The maximum atomic E-state index is 13.5. The summed E-state index contributed by atoms with van der Waals surface area (Å²) < 4.78 is 26.3. The lowest BCUT2D eigenvalue weighted by molar-refractivity contribution is 0.560. The number of para-hydroxylation sites is 1. The largest absolute Gasteiger partial charge is 0.361 e. The fourth-order valence-corrected chi connectivity index (χ4v) is 2.45. The number of hydrogen-bond acceptors (Lipinski definition) is 1. The number of fused-ring (bicyclic) bond motifs is 1. The maximum absolute atomic E-state index is 13.5. The molecule has 0 radical (unpaired) electrons. The van der Waals surface area contributed by atoms with Gasteiger partial charge in [0, 0.05) is 35.3 Å².